The van der Waals surface area contributed by atoms with E-state index in [2.05, 4.69) is 28.1 Å². The second-order valence-corrected chi connectivity index (χ2v) is 9.20. The van der Waals surface area contributed by atoms with Gasteiger partial charge in [0.05, 0.1) is 11.1 Å². The molecule has 0 aliphatic carbocycles. The highest BCUT2D eigenvalue weighted by Gasteiger charge is 2.32. The average Bonchev–Trinajstić information content (AvgIpc) is 3.34. The summed E-state index contributed by atoms with van der Waals surface area (Å²) in [5.41, 5.74) is 3.77. The lowest BCUT2D eigenvalue weighted by atomic mass is 10.1. The number of hydrogen-bond donors (Lipinski definition) is 0. The van der Waals surface area contributed by atoms with Crippen LogP contribution in [-0.4, -0.2) is 56.1 Å². The number of para-hydroxylation sites is 1. The standard InChI is InChI=1S/C28H25FN6O/c1-18-9-3-4-10-20(18)25-31-32-26-22-12-6-8-14-24(22)30-28(35(25)26)33-15-16-34(19(2)17-33)27(36)21-11-5-7-13-23(21)29/h3-14,19H,15-17H2,1-2H3/t19-/m1/s1. The second kappa shape index (κ2) is 8.71. The lowest BCUT2D eigenvalue weighted by Crippen LogP contribution is -2.54. The first kappa shape index (κ1) is 22.2. The molecule has 0 bridgehead atoms. The lowest BCUT2D eigenvalue weighted by Gasteiger charge is -2.40. The molecule has 36 heavy (non-hydrogen) atoms. The van der Waals surface area contributed by atoms with Crippen LogP contribution in [0.5, 0.6) is 0 Å². The number of fused-ring (bicyclic) bond motifs is 3. The summed E-state index contributed by atoms with van der Waals surface area (Å²) in [6.07, 6.45) is 0. The van der Waals surface area contributed by atoms with Gasteiger partial charge in [0.15, 0.2) is 11.5 Å². The first-order valence-electron chi connectivity index (χ1n) is 12.0. The van der Waals surface area contributed by atoms with E-state index in [1.54, 1.807) is 17.0 Å². The molecule has 7 nitrogen and oxygen atoms in total. The third-order valence-electron chi connectivity index (χ3n) is 6.89. The molecule has 0 saturated carbocycles. The summed E-state index contributed by atoms with van der Waals surface area (Å²) in [5, 5.41) is 10.1. The Morgan fingerprint density at radius 1 is 0.944 bits per heavy atom. The van der Waals surface area contributed by atoms with Gasteiger partial charge in [0.1, 0.15) is 5.82 Å². The van der Waals surface area contributed by atoms with Crippen LogP contribution in [0.1, 0.15) is 22.8 Å². The van der Waals surface area contributed by atoms with Gasteiger partial charge in [-0.1, -0.05) is 48.5 Å². The predicted molar refractivity (Wildman–Crippen MR) is 138 cm³/mol. The van der Waals surface area contributed by atoms with E-state index in [1.807, 2.05) is 53.8 Å². The van der Waals surface area contributed by atoms with Gasteiger partial charge < -0.3 is 9.80 Å². The smallest absolute Gasteiger partial charge is 0.257 e. The highest BCUT2D eigenvalue weighted by Crippen LogP contribution is 2.31. The second-order valence-electron chi connectivity index (χ2n) is 9.20. The van der Waals surface area contributed by atoms with E-state index >= 15 is 0 Å². The normalized spacial score (nSPS) is 16.1. The molecule has 1 amide bonds. The minimum Gasteiger partial charge on any atom is -0.338 e. The van der Waals surface area contributed by atoms with Crippen molar-refractivity contribution in [1.82, 2.24) is 24.5 Å². The summed E-state index contributed by atoms with van der Waals surface area (Å²) in [6, 6.07) is 22.0. The molecule has 8 heteroatoms. The fraction of sp³-hybridized carbons (Fsp3) is 0.214. The van der Waals surface area contributed by atoms with Gasteiger partial charge in [0.25, 0.3) is 5.91 Å². The molecule has 0 N–H and O–H groups in total. The molecule has 5 aromatic rings. The van der Waals surface area contributed by atoms with Gasteiger partial charge in [-0.3, -0.25) is 4.79 Å². The van der Waals surface area contributed by atoms with Crippen molar-refractivity contribution in [2.45, 2.75) is 19.9 Å². The van der Waals surface area contributed by atoms with Gasteiger partial charge in [0.2, 0.25) is 5.95 Å². The minimum atomic E-state index is -0.498. The van der Waals surface area contributed by atoms with Gasteiger partial charge in [0, 0.05) is 36.6 Å². The van der Waals surface area contributed by atoms with E-state index in [0.717, 1.165) is 39.4 Å². The first-order valence-corrected chi connectivity index (χ1v) is 12.0. The maximum Gasteiger partial charge on any atom is 0.257 e. The number of halogens is 1. The van der Waals surface area contributed by atoms with Crippen LogP contribution >= 0.6 is 0 Å². The molecule has 180 valence electrons. The minimum absolute atomic E-state index is 0.102. The molecular weight excluding hydrogens is 455 g/mol. The van der Waals surface area contributed by atoms with E-state index in [-0.39, 0.29) is 17.5 Å². The number of nitrogens with zero attached hydrogens (tertiary/aromatic N) is 6. The van der Waals surface area contributed by atoms with Crippen molar-refractivity contribution in [3.05, 3.63) is 89.7 Å². The van der Waals surface area contributed by atoms with Crippen LogP contribution in [0.3, 0.4) is 0 Å². The summed E-state index contributed by atoms with van der Waals surface area (Å²) < 4.78 is 16.3. The Kier molecular flexibility index (Phi) is 5.36. The molecule has 1 saturated heterocycles. The fourth-order valence-electron chi connectivity index (χ4n) is 5.01. The number of carbonyl (C=O) groups excluding carboxylic acids is 1. The van der Waals surface area contributed by atoms with E-state index in [1.165, 1.54) is 12.1 Å². The van der Waals surface area contributed by atoms with Gasteiger partial charge in [-0.05, 0) is 43.7 Å². The molecule has 1 atom stereocenters. The molecule has 1 aliphatic heterocycles. The third kappa shape index (κ3) is 3.57. The molecule has 1 fully saturated rings. The molecule has 1 aliphatic rings. The number of piperazine rings is 1. The van der Waals surface area contributed by atoms with Gasteiger partial charge in [-0.2, -0.15) is 0 Å². The largest absolute Gasteiger partial charge is 0.338 e. The van der Waals surface area contributed by atoms with Crippen molar-refractivity contribution < 1.29 is 9.18 Å². The summed E-state index contributed by atoms with van der Waals surface area (Å²) in [7, 11) is 0. The van der Waals surface area contributed by atoms with Gasteiger partial charge >= 0.3 is 0 Å². The summed E-state index contributed by atoms with van der Waals surface area (Å²) in [5.74, 6) is 0.676. The Hall–Kier alpha value is -4.33. The molecule has 0 spiro atoms. The van der Waals surface area contributed by atoms with Crippen molar-refractivity contribution in [2.75, 3.05) is 24.5 Å². The maximum atomic E-state index is 14.3. The SMILES string of the molecule is Cc1ccccc1-c1nnc2c3ccccc3nc(N3CCN(C(=O)c4ccccc4F)[C@H](C)C3)n12. The molecule has 0 unspecified atom stereocenters. The monoisotopic (exact) mass is 480 g/mol. The zero-order valence-corrected chi connectivity index (χ0v) is 20.1. The number of hydrogen-bond acceptors (Lipinski definition) is 5. The summed E-state index contributed by atoms with van der Waals surface area (Å²) in [4.78, 5) is 22.1. The number of carbonyl (C=O) groups is 1. The van der Waals surface area contributed by atoms with Crippen LogP contribution in [0.2, 0.25) is 0 Å². The first-order chi connectivity index (χ1) is 17.5. The van der Waals surface area contributed by atoms with Crippen LogP contribution in [-0.2, 0) is 0 Å². The number of aryl methyl sites for hydroxylation is 1. The molecular formula is C28H25FN6O. The van der Waals surface area contributed by atoms with Crippen molar-refractivity contribution in [2.24, 2.45) is 0 Å². The molecule has 6 rings (SSSR count). The summed E-state index contributed by atoms with van der Waals surface area (Å²) in [6.45, 7) is 5.59. The zero-order valence-electron chi connectivity index (χ0n) is 20.1. The molecule has 0 radical (unpaired) electrons. The Morgan fingerprint density at radius 3 is 2.50 bits per heavy atom. The Labute approximate surface area is 207 Å². The summed E-state index contributed by atoms with van der Waals surface area (Å²) >= 11 is 0. The quantitative estimate of drug-likeness (QED) is 0.373. The zero-order chi connectivity index (χ0) is 24.8. The van der Waals surface area contributed by atoms with Gasteiger partial charge in [-0.15, -0.1) is 10.2 Å². The van der Waals surface area contributed by atoms with E-state index in [0.29, 0.717) is 19.6 Å². The average molecular weight is 481 g/mol. The third-order valence-corrected chi connectivity index (χ3v) is 6.89. The van der Waals surface area contributed by atoms with E-state index in [4.69, 9.17) is 4.98 Å². The fourth-order valence-corrected chi connectivity index (χ4v) is 5.01. The molecule has 3 heterocycles. The predicted octanol–water partition coefficient (Wildman–Crippen LogP) is 4.74. The molecule has 2 aromatic heterocycles. The Balaban J connectivity index is 1.43. The van der Waals surface area contributed by atoms with Crippen LogP contribution in [0.25, 0.3) is 27.9 Å². The van der Waals surface area contributed by atoms with Crippen LogP contribution in [0, 0.1) is 12.7 Å². The van der Waals surface area contributed by atoms with Crippen molar-refractivity contribution in [3.63, 3.8) is 0 Å². The Morgan fingerprint density at radius 2 is 1.69 bits per heavy atom. The topological polar surface area (TPSA) is 66.6 Å². The number of rotatable bonds is 3. The highest BCUT2D eigenvalue weighted by molar-refractivity contribution is 5.95. The number of anilines is 1. The van der Waals surface area contributed by atoms with Crippen LogP contribution in [0.4, 0.5) is 10.3 Å². The number of benzene rings is 3. The van der Waals surface area contributed by atoms with Crippen molar-refractivity contribution in [1.29, 1.82) is 0 Å². The van der Waals surface area contributed by atoms with Crippen molar-refractivity contribution >= 4 is 28.4 Å². The van der Waals surface area contributed by atoms with Crippen LogP contribution in [0.15, 0.2) is 72.8 Å². The number of amides is 1. The Bertz CT molecular complexity index is 1610. The van der Waals surface area contributed by atoms with Crippen molar-refractivity contribution in [3.8, 4) is 11.4 Å². The van der Waals surface area contributed by atoms with Gasteiger partial charge in [-0.25, -0.2) is 13.8 Å². The maximum absolute atomic E-state index is 14.3. The number of aromatic nitrogens is 4. The highest BCUT2D eigenvalue weighted by atomic mass is 19.1. The van der Waals surface area contributed by atoms with E-state index < -0.39 is 5.82 Å². The van der Waals surface area contributed by atoms with E-state index in [9.17, 15) is 9.18 Å². The lowest BCUT2D eigenvalue weighted by molar-refractivity contribution is 0.0668. The molecule has 3 aromatic carbocycles. The van der Waals surface area contributed by atoms with Crippen LogP contribution < -0.4 is 4.90 Å².